The zero-order valence-corrected chi connectivity index (χ0v) is 22.8. The van der Waals surface area contributed by atoms with Gasteiger partial charge in [0.25, 0.3) is 15.9 Å². The van der Waals surface area contributed by atoms with Crippen LogP contribution in [-0.2, 0) is 14.8 Å². The van der Waals surface area contributed by atoms with E-state index in [0.29, 0.717) is 30.1 Å². The monoisotopic (exact) mass is 543 g/mol. The summed E-state index contributed by atoms with van der Waals surface area (Å²) in [6.07, 6.45) is 0. The molecule has 8 nitrogen and oxygen atoms in total. The van der Waals surface area contributed by atoms with Crippen LogP contribution in [0, 0.1) is 6.92 Å². The second-order valence-electron chi connectivity index (χ2n) is 8.21. The van der Waals surface area contributed by atoms with E-state index in [2.05, 4.69) is 5.32 Å². The predicted molar refractivity (Wildman–Crippen MR) is 146 cm³/mol. The molecule has 0 fully saturated rings. The van der Waals surface area contributed by atoms with Crippen molar-refractivity contribution in [2.45, 2.75) is 25.7 Å². The van der Waals surface area contributed by atoms with Gasteiger partial charge in [-0.1, -0.05) is 41.4 Å². The van der Waals surface area contributed by atoms with Crippen molar-refractivity contribution in [1.82, 2.24) is 4.90 Å². The van der Waals surface area contributed by atoms with Gasteiger partial charge in [0, 0.05) is 13.1 Å². The summed E-state index contributed by atoms with van der Waals surface area (Å²) in [5, 5.41) is 2.91. The number of para-hydroxylation sites is 1. The molecule has 196 valence electrons. The van der Waals surface area contributed by atoms with Crippen molar-refractivity contribution in [2.75, 3.05) is 36.4 Å². The summed E-state index contributed by atoms with van der Waals surface area (Å²) in [5.74, 6) is -0.485. The number of rotatable bonds is 10. The van der Waals surface area contributed by atoms with E-state index in [1.165, 1.54) is 37.4 Å². The van der Waals surface area contributed by atoms with Crippen LogP contribution >= 0.6 is 11.6 Å². The number of hydrogen-bond donors (Lipinski definition) is 1. The first-order chi connectivity index (χ1) is 17.6. The Morgan fingerprint density at radius 1 is 0.973 bits per heavy atom. The molecule has 0 aromatic heterocycles. The van der Waals surface area contributed by atoms with E-state index in [9.17, 15) is 18.0 Å². The lowest BCUT2D eigenvalue weighted by atomic mass is 10.1. The molecule has 37 heavy (non-hydrogen) atoms. The number of methoxy groups -OCH3 is 1. The number of ether oxygens (including phenoxy) is 1. The fourth-order valence-corrected chi connectivity index (χ4v) is 5.41. The van der Waals surface area contributed by atoms with Crippen LogP contribution in [0.5, 0.6) is 5.75 Å². The number of amides is 2. The molecule has 0 atom stereocenters. The molecular formula is C27H30ClN3O5S. The molecule has 0 aliphatic rings. The molecule has 0 aliphatic heterocycles. The Morgan fingerprint density at radius 3 is 2.22 bits per heavy atom. The van der Waals surface area contributed by atoms with Crippen LogP contribution in [0.3, 0.4) is 0 Å². The smallest absolute Gasteiger partial charge is 0.264 e. The number of anilines is 2. The molecule has 0 saturated carbocycles. The highest BCUT2D eigenvalue weighted by atomic mass is 35.5. The number of nitrogens with one attached hydrogen (secondary N) is 1. The first kappa shape index (κ1) is 28.0. The van der Waals surface area contributed by atoms with Crippen molar-refractivity contribution in [3.8, 4) is 5.75 Å². The largest absolute Gasteiger partial charge is 0.495 e. The number of carbonyl (C=O) groups is 2. The minimum atomic E-state index is -4.14. The molecule has 0 unspecified atom stereocenters. The maximum absolute atomic E-state index is 13.7. The third-order valence-corrected chi connectivity index (χ3v) is 7.89. The standard InChI is InChI=1S/C27H30ClN3O5S/c1-5-30(6-2)27(33)22-9-7-8-10-24(22)29-26(32)18-31(20-13-16-25(36-4)23(28)17-20)37(34,35)21-14-11-19(3)12-15-21/h7-17H,5-6,18H2,1-4H3,(H,29,32). The summed E-state index contributed by atoms with van der Waals surface area (Å²) < 4.78 is 33.5. The summed E-state index contributed by atoms with van der Waals surface area (Å²) in [7, 11) is -2.69. The summed E-state index contributed by atoms with van der Waals surface area (Å²) in [5.41, 5.74) is 1.70. The fraction of sp³-hybridized carbons (Fsp3) is 0.259. The Kier molecular flexibility index (Phi) is 9.18. The average molecular weight is 544 g/mol. The molecule has 1 N–H and O–H groups in total. The molecule has 10 heteroatoms. The van der Waals surface area contributed by atoms with Gasteiger partial charge in [-0.15, -0.1) is 0 Å². The van der Waals surface area contributed by atoms with Crippen LogP contribution in [0.1, 0.15) is 29.8 Å². The SMILES string of the molecule is CCN(CC)C(=O)c1ccccc1NC(=O)CN(c1ccc(OC)c(Cl)c1)S(=O)(=O)c1ccc(C)cc1. The van der Waals surface area contributed by atoms with Crippen LogP contribution in [0.2, 0.25) is 5.02 Å². The third-order valence-electron chi connectivity index (χ3n) is 5.80. The van der Waals surface area contributed by atoms with Crippen LogP contribution < -0.4 is 14.4 Å². The third kappa shape index (κ3) is 6.42. The normalized spacial score (nSPS) is 11.1. The summed E-state index contributed by atoms with van der Waals surface area (Å²) in [4.78, 5) is 27.8. The molecule has 3 aromatic rings. The van der Waals surface area contributed by atoms with Gasteiger partial charge in [0.05, 0.1) is 34.0 Å². The number of nitrogens with zero attached hydrogens (tertiary/aromatic N) is 2. The first-order valence-electron chi connectivity index (χ1n) is 11.7. The van der Waals surface area contributed by atoms with Crippen molar-refractivity contribution in [3.63, 3.8) is 0 Å². The Hall–Kier alpha value is -3.56. The zero-order valence-electron chi connectivity index (χ0n) is 21.2. The van der Waals surface area contributed by atoms with Gasteiger partial charge >= 0.3 is 0 Å². The highest BCUT2D eigenvalue weighted by Crippen LogP contribution is 2.32. The lowest BCUT2D eigenvalue weighted by molar-refractivity contribution is -0.114. The van der Waals surface area contributed by atoms with Gasteiger partial charge in [-0.25, -0.2) is 8.42 Å². The number of sulfonamides is 1. The predicted octanol–water partition coefficient (Wildman–Crippen LogP) is 4.97. The average Bonchev–Trinajstić information content (AvgIpc) is 2.88. The van der Waals surface area contributed by atoms with E-state index in [4.69, 9.17) is 16.3 Å². The van der Waals surface area contributed by atoms with Crippen LogP contribution in [0.15, 0.2) is 71.6 Å². The van der Waals surface area contributed by atoms with E-state index < -0.39 is 22.5 Å². The minimum Gasteiger partial charge on any atom is -0.495 e. The minimum absolute atomic E-state index is 0.0231. The second kappa shape index (κ2) is 12.1. The van der Waals surface area contributed by atoms with E-state index >= 15 is 0 Å². The summed E-state index contributed by atoms with van der Waals surface area (Å²) in [6, 6.07) is 17.4. The topological polar surface area (TPSA) is 96.0 Å². The zero-order chi connectivity index (χ0) is 27.2. The fourth-order valence-electron chi connectivity index (χ4n) is 3.74. The van der Waals surface area contributed by atoms with Crippen LogP contribution in [0.25, 0.3) is 0 Å². The van der Waals surface area contributed by atoms with E-state index in [-0.39, 0.29) is 21.5 Å². The van der Waals surface area contributed by atoms with E-state index in [0.717, 1.165) is 9.87 Å². The van der Waals surface area contributed by atoms with Crippen molar-refractivity contribution in [1.29, 1.82) is 0 Å². The van der Waals surface area contributed by atoms with Gasteiger partial charge in [-0.3, -0.25) is 13.9 Å². The van der Waals surface area contributed by atoms with Crippen molar-refractivity contribution < 1.29 is 22.7 Å². The summed E-state index contributed by atoms with van der Waals surface area (Å²) >= 11 is 6.28. The number of aryl methyl sites for hydroxylation is 1. The molecule has 2 amide bonds. The van der Waals surface area contributed by atoms with Gasteiger partial charge in [0.2, 0.25) is 5.91 Å². The molecule has 3 aromatic carbocycles. The Balaban J connectivity index is 1.98. The maximum Gasteiger partial charge on any atom is 0.264 e. The first-order valence-corrected chi connectivity index (χ1v) is 13.5. The maximum atomic E-state index is 13.7. The van der Waals surface area contributed by atoms with E-state index in [1.54, 1.807) is 41.3 Å². The lowest BCUT2D eigenvalue weighted by Crippen LogP contribution is -2.38. The van der Waals surface area contributed by atoms with Gasteiger partial charge in [-0.05, 0) is 63.2 Å². The Morgan fingerprint density at radius 2 is 1.62 bits per heavy atom. The number of carbonyl (C=O) groups excluding carboxylic acids is 2. The molecule has 0 heterocycles. The molecular weight excluding hydrogens is 514 g/mol. The number of benzene rings is 3. The molecule has 0 radical (unpaired) electrons. The van der Waals surface area contributed by atoms with Gasteiger partial charge in [-0.2, -0.15) is 0 Å². The highest BCUT2D eigenvalue weighted by molar-refractivity contribution is 7.92. The molecule has 0 saturated heterocycles. The number of hydrogen-bond acceptors (Lipinski definition) is 5. The van der Waals surface area contributed by atoms with Gasteiger partial charge < -0.3 is 15.0 Å². The molecule has 0 bridgehead atoms. The van der Waals surface area contributed by atoms with Gasteiger partial charge in [0.1, 0.15) is 12.3 Å². The lowest BCUT2D eigenvalue weighted by Gasteiger charge is -2.25. The van der Waals surface area contributed by atoms with Gasteiger partial charge in [0.15, 0.2) is 0 Å². The Labute approximate surface area is 222 Å². The number of halogens is 1. The highest BCUT2D eigenvalue weighted by Gasteiger charge is 2.28. The summed E-state index contributed by atoms with van der Waals surface area (Å²) in [6.45, 7) is 6.07. The Bertz CT molecular complexity index is 1370. The quantitative estimate of drug-likeness (QED) is 0.389. The van der Waals surface area contributed by atoms with E-state index in [1.807, 2.05) is 20.8 Å². The van der Waals surface area contributed by atoms with Crippen LogP contribution in [0.4, 0.5) is 11.4 Å². The molecule has 0 aliphatic carbocycles. The van der Waals surface area contributed by atoms with Crippen molar-refractivity contribution in [3.05, 3.63) is 82.9 Å². The van der Waals surface area contributed by atoms with Crippen molar-refractivity contribution >= 4 is 44.8 Å². The van der Waals surface area contributed by atoms with Crippen molar-refractivity contribution in [2.24, 2.45) is 0 Å². The molecule has 3 rings (SSSR count). The second-order valence-corrected chi connectivity index (χ2v) is 10.5. The van der Waals surface area contributed by atoms with Crippen LogP contribution in [-0.4, -0.2) is 51.9 Å². The molecule has 0 spiro atoms.